The minimum atomic E-state index is -0.379. The van der Waals surface area contributed by atoms with Gasteiger partial charge in [0, 0.05) is 0 Å². The first-order valence-corrected chi connectivity index (χ1v) is 6.89. The van der Waals surface area contributed by atoms with E-state index in [0.29, 0.717) is 10.9 Å². The molecule has 0 aliphatic carbocycles. The summed E-state index contributed by atoms with van der Waals surface area (Å²) in [5.41, 5.74) is 1.10. The lowest BCUT2D eigenvalue weighted by atomic mass is 10.1. The van der Waals surface area contributed by atoms with Gasteiger partial charge in [-0.15, -0.1) is 0 Å². The number of carbonyl (C=O) groups is 1. The lowest BCUT2D eigenvalue weighted by Crippen LogP contribution is -2.29. The largest absolute Gasteiger partial charge is 0.331 e. The fourth-order valence-electron chi connectivity index (χ4n) is 2.24. The molecule has 1 heterocycles. The zero-order valence-electron chi connectivity index (χ0n) is 11.1. The Balaban J connectivity index is 2.10. The Hall–Kier alpha value is -2.53. The summed E-state index contributed by atoms with van der Waals surface area (Å²) in [7, 11) is 0. The fourth-order valence-corrected chi connectivity index (χ4v) is 2.53. The lowest BCUT2D eigenvalue weighted by molar-refractivity contribution is 0.0907. The van der Waals surface area contributed by atoms with Gasteiger partial charge in [0.15, 0.2) is 4.77 Å². The Morgan fingerprint density at radius 2 is 1.71 bits per heavy atom. The molecule has 0 atom stereocenters. The van der Waals surface area contributed by atoms with E-state index in [1.54, 1.807) is 18.2 Å². The van der Waals surface area contributed by atoms with Crippen molar-refractivity contribution in [2.45, 2.75) is 6.42 Å². The van der Waals surface area contributed by atoms with Crippen LogP contribution in [0.1, 0.15) is 10.4 Å². The molecule has 0 fully saturated rings. The molecule has 3 rings (SSSR count). The van der Waals surface area contributed by atoms with Crippen LogP contribution in [0, 0.1) is 4.77 Å². The second-order valence-corrected chi connectivity index (χ2v) is 5.06. The minimum absolute atomic E-state index is 0.125. The first-order chi connectivity index (χ1) is 10.2. The molecule has 104 valence electrons. The Labute approximate surface area is 125 Å². The van der Waals surface area contributed by atoms with Crippen LogP contribution in [-0.2, 0) is 6.42 Å². The maximum atomic E-state index is 12.4. The van der Waals surface area contributed by atoms with E-state index in [1.807, 2.05) is 36.4 Å². The Kier molecular flexibility index (Phi) is 3.50. The van der Waals surface area contributed by atoms with Gasteiger partial charge in [-0.2, -0.15) is 0 Å². The molecule has 0 saturated heterocycles. The molecule has 0 radical (unpaired) electrons. The average molecular weight is 296 g/mol. The predicted molar refractivity (Wildman–Crippen MR) is 84.2 cm³/mol. The third-order valence-electron chi connectivity index (χ3n) is 3.25. The van der Waals surface area contributed by atoms with Gasteiger partial charge >= 0.3 is 0 Å². The summed E-state index contributed by atoms with van der Waals surface area (Å²) >= 11 is 5.15. The molecule has 0 amide bonds. The van der Waals surface area contributed by atoms with Crippen molar-refractivity contribution in [3.63, 3.8) is 0 Å². The number of hydrogen-bond acceptors (Lipinski definition) is 3. The molecule has 0 saturated carbocycles. The molecule has 0 aliphatic rings. The number of hydrogen-bond donors (Lipinski definition) is 1. The van der Waals surface area contributed by atoms with Crippen LogP contribution in [0.3, 0.4) is 0 Å². The van der Waals surface area contributed by atoms with Crippen molar-refractivity contribution in [1.29, 1.82) is 0 Å². The van der Waals surface area contributed by atoms with Gasteiger partial charge in [0.2, 0.25) is 5.91 Å². The van der Waals surface area contributed by atoms with E-state index in [1.165, 1.54) is 0 Å². The molecule has 0 spiro atoms. The van der Waals surface area contributed by atoms with Gasteiger partial charge in [0.25, 0.3) is 5.56 Å². The molecule has 2 aromatic carbocycles. The zero-order valence-corrected chi connectivity index (χ0v) is 11.9. The van der Waals surface area contributed by atoms with Crippen LogP contribution in [0.4, 0.5) is 0 Å². The molecule has 4 nitrogen and oxygen atoms in total. The van der Waals surface area contributed by atoms with E-state index < -0.39 is 0 Å². The van der Waals surface area contributed by atoms with Crippen LogP contribution < -0.4 is 5.56 Å². The van der Waals surface area contributed by atoms with E-state index in [4.69, 9.17) is 12.2 Å². The molecular formula is C16H12N2O2S. The van der Waals surface area contributed by atoms with Gasteiger partial charge < -0.3 is 4.98 Å². The molecule has 0 aliphatic heterocycles. The second kappa shape index (κ2) is 5.46. The number of H-pyrrole nitrogens is 1. The normalized spacial score (nSPS) is 10.7. The molecule has 1 N–H and O–H groups in total. The van der Waals surface area contributed by atoms with Crippen LogP contribution >= 0.6 is 12.2 Å². The maximum Gasteiger partial charge on any atom is 0.269 e. The molecular weight excluding hydrogens is 284 g/mol. The second-order valence-electron chi connectivity index (χ2n) is 4.67. The lowest BCUT2D eigenvalue weighted by Gasteiger charge is -2.07. The van der Waals surface area contributed by atoms with Gasteiger partial charge in [0.1, 0.15) is 0 Å². The number of nitrogens with zero attached hydrogens (tertiary/aromatic N) is 1. The molecule has 3 aromatic rings. The van der Waals surface area contributed by atoms with Crippen molar-refractivity contribution < 1.29 is 4.79 Å². The molecule has 0 unspecified atom stereocenters. The van der Waals surface area contributed by atoms with Gasteiger partial charge in [-0.1, -0.05) is 42.5 Å². The van der Waals surface area contributed by atoms with Crippen molar-refractivity contribution >= 4 is 29.0 Å². The van der Waals surface area contributed by atoms with Crippen molar-refractivity contribution in [3.8, 4) is 0 Å². The number of aromatic amines is 1. The average Bonchev–Trinajstić information content (AvgIpc) is 2.48. The highest BCUT2D eigenvalue weighted by Gasteiger charge is 2.12. The first-order valence-electron chi connectivity index (χ1n) is 6.48. The van der Waals surface area contributed by atoms with Gasteiger partial charge in [-0.05, 0) is 29.9 Å². The minimum Gasteiger partial charge on any atom is -0.331 e. The number of benzene rings is 2. The Morgan fingerprint density at radius 1 is 1.05 bits per heavy atom. The summed E-state index contributed by atoms with van der Waals surface area (Å²) in [6.45, 7) is 0. The van der Waals surface area contributed by atoms with Crippen molar-refractivity contribution in [3.05, 3.63) is 75.3 Å². The summed E-state index contributed by atoms with van der Waals surface area (Å²) in [6, 6.07) is 16.3. The highest BCUT2D eigenvalue weighted by Crippen LogP contribution is 2.07. The SMILES string of the molecule is O=C(Cc1ccccc1)n1c(=S)[nH]c2ccccc2c1=O. The van der Waals surface area contributed by atoms with Crippen molar-refractivity contribution in [1.82, 2.24) is 9.55 Å². The summed E-state index contributed by atoms with van der Waals surface area (Å²) < 4.78 is 1.16. The van der Waals surface area contributed by atoms with Crippen molar-refractivity contribution in [2.75, 3.05) is 0 Å². The quantitative estimate of drug-likeness (QED) is 0.740. The van der Waals surface area contributed by atoms with Crippen molar-refractivity contribution in [2.24, 2.45) is 0 Å². The number of aromatic nitrogens is 2. The van der Waals surface area contributed by atoms with E-state index in [2.05, 4.69) is 4.98 Å². The standard InChI is InChI=1S/C16H12N2O2S/c19-14(10-11-6-2-1-3-7-11)18-15(20)12-8-4-5-9-13(12)17-16(18)21/h1-9H,10H2,(H,17,21). The highest BCUT2D eigenvalue weighted by atomic mass is 32.1. The number of nitrogens with one attached hydrogen (secondary N) is 1. The third-order valence-corrected chi connectivity index (χ3v) is 3.54. The van der Waals surface area contributed by atoms with Crippen LogP contribution in [0.15, 0.2) is 59.4 Å². The maximum absolute atomic E-state index is 12.4. The van der Waals surface area contributed by atoms with Crippen LogP contribution in [-0.4, -0.2) is 15.5 Å². The van der Waals surface area contributed by atoms with Crippen LogP contribution in [0.25, 0.3) is 10.9 Å². The molecule has 21 heavy (non-hydrogen) atoms. The number of rotatable bonds is 2. The van der Waals surface area contributed by atoms with Gasteiger partial charge in [-0.25, -0.2) is 4.57 Å². The Bertz CT molecular complexity index is 926. The fraction of sp³-hybridized carbons (Fsp3) is 0.0625. The van der Waals surface area contributed by atoms with E-state index in [9.17, 15) is 9.59 Å². The topological polar surface area (TPSA) is 54.9 Å². The summed E-state index contributed by atoms with van der Waals surface area (Å²) in [5, 5.41) is 0.451. The van der Waals surface area contributed by atoms with Gasteiger partial charge in [-0.3, -0.25) is 9.59 Å². The van der Waals surface area contributed by atoms with Crippen LogP contribution in [0.2, 0.25) is 0 Å². The Morgan fingerprint density at radius 3 is 2.48 bits per heavy atom. The number of carbonyl (C=O) groups excluding carboxylic acids is 1. The third kappa shape index (κ3) is 2.55. The number of fused-ring (bicyclic) bond motifs is 1. The molecule has 5 heteroatoms. The van der Waals surface area contributed by atoms with E-state index >= 15 is 0 Å². The van der Waals surface area contributed by atoms with E-state index in [-0.39, 0.29) is 22.7 Å². The van der Waals surface area contributed by atoms with E-state index in [0.717, 1.165) is 10.1 Å². The zero-order chi connectivity index (χ0) is 14.8. The van der Waals surface area contributed by atoms with Crippen LogP contribution in [0.5, 0.6) is 0 Å². The first kappa shape index (κ1) is 13.5. The smallest absolute Gasteiger partial charge is 0.269 e. The summed E-state index contributed by atoms with van der Waals surface area (Å²) in [5.74, 6) is -0.335. The predicted octanol–water partition coefficient (Wildman–Crippen LogP) is 2.94. The van der Waals surface area contributed by atoms with Gasteiger partial charge in [0.05, 0.1) is 17.3 Å². The number of para-hydroxylation sites is 1. The summed E-state index contributed by atoms with van der Waals surface area (Å²) in [6.07, 6.45) is 0.135. The summed E-state index contributed by atoms with van der Waals surface area (Å²) in [4.78, 5) is 27.7. The monoisotopic (exact) mass is 296 g/mol. The highest BCUT2D eigenvalue weighted by molar-refractivity contribution is 7.71. The molecule has 0 bridgehead atoms. The molecule has 1 aromatic heterocycles.